The summed E-state index contributed by atoms with van der Waals surface area (Å²) in [5, 5.41) is 0. The third-order valence-corrected chi connectivity index (χ3v) is 4.28. The third kappa shape index (κ3) is 4.45. The lowest BCUT2D eigenvalue weighted by Gasteiger charge is -2.20. The van der Waals surface area contributed by atoms with Gasteiger partial charge in [-0.15, -0.1) is 0 Å². The molecule has 0 amide bonds. The first kappa shape index (κ1) is 15.8. The molecule has 114 valence electrons. The van der Waals surface area contributed by atoms with Crippen LogP contribution in [0.25, 0.3) is 0 Å². The quantitative estimate of drug-likeness (QED) is 0.394. The summed E-state index contributed by atoms with van der Waals surface area (Å²) >= 11 is 0. The highest BCUT2D eigenvalue weighted by Gasteiger charge is 2.41. The number of hydrogen-bond donors (Lipinski definition) is 0. The van der Waals surface area contributed by atoms with Gasteiger partial charge in [0, 0.05) is 6.42 Å². The Labute approximate surface area is 128 Å². The molecule has 2 rings (SSSR count). The minimum atomic E-state index is -0.331. The Kier molecular flexibility index (Phi) is 6.04. The standard InChI is InChI=1S/C19H26O2/c1-2-3-13-19(15-16-21-18(19)20)14-9-5-8-12-17-10-6-4-7-11-17/h4,6-7,9-11,14H,2-3,5,8,12-13,15-16H2,1H3/b14-9+/t19-/m1/s1. The van der Waals surface area contributed by atoms with E-state index in [0.717, 1.165) is 44.9 Å². The zero-order valence-electron chi connectivity index (χ0n) is 13.0. The summed E-state index contributed by atoms with van der Waals surface area (Å²) in [5.74, 6) is -0.0183. The van der Waals surface area contributed by atoms with Gasteiger partial charge in [0.1, 0.15) is 0 Å². The summed E-state index contributed by atoms with van der Waals surface area (Å²) in [7, 11) is 0. The maximum atomic E-state index is 12.0. The van der Waals surface area contributed by atoms with Gasteiger partial charge >= 0.3 is 5.97 Å². The van der Waals surface area contributed by atoms with Gasteiger partial charge in [0.2, 0.25) is 0 Å². The molecule has 1 aliphatic rings. The monoisotopic (exact) mass is 286 g/mol. The molecular formula is C19H26O2. The second kappa shape index (κ2) is 8.02. The number of esters is 1. The van der Waals surface area contributed by atoms with Crippen molar-refractivity contribution in [1.82, 2.24) is 0 Å². The fourth-order valence-electron chi connectivity index (χ4n) is 2.90. The van der Waals surface area contributed by atoms with Crippen molar-refractivity contribution in [3.8, 4) is 0 Å². The van der Waals surface area contributed by atoms with Gasteiger partial charge in [0.15, 0.2) is 0 Å². The first-order valence-electron chi connectivity index (χ1n) is 8.16. The molecule has 1 atom stereocenters. The van der Waals surface area contributed by atoms with E-state index in [1.807, 2.05) is 6.07 Å². The number of carbonyl (C=O) groups excluding carboxylic acids is 1. The molecule has 0 aliphatic carbocycles. The van der Waals surface area contributed by atoms with Gasteiger partial charge in [-0.1, -0.05) is 62.2 Å². The smallest absolute Gasteiger partial charge is 0.316 e. The molecule has 0 bridgehead atoms. The number of ether oxygens (including phenoxy) is 1. The van der Waals surface area contributed by atoms with Crippen LogP contribution in [-0.4, -0.2) is 12.6 Å². The molecule has 0 spiro atoms. The highest BCUT2D eigenvalue weighted by atomic mass is 16.5. The van der Waals surface area contributed by atoms with Crippen LogP contribution in [0.3, 0.4) is 0 Å². The molecule has 1 saturated heterocycles. The first-order valence-corrected chi connectivity index (χ1v) is 8.16. The fraction of sp³-hybridized carbons (Fsp3) is 0.526. The average Bonchev–Trinajstić information content (AvgIpc) is 2.87. The molecule has 1 fully saturated rings. The van der Waals surface area contributed by atoms with Crippen LogP contribution in [0.1, 0.15) is 51.0 Å². The van der Waals surface area contributed by atoms with E-state index in [1.54, 1.807) is 0 Å². The van der Waals surface area contributed by atoms with Crippen LogP contribution in [0.5, 0.6) is 0 Å². The highest BCUT2D eigenvalue weighted by molar-refractivity contribution is 5.80. The molecule has 1 aromatic rings. The van der Waals surface area contributed by atoms with Gasteiger partial charge in [0.25, 0.3) is 0 Å². The molecular weight excluding hydrogens is 260 g/mol. The van der Waals surface area contributed by atoms with Gasteiger partial charge in [-0.25, -0.2) is 0 Å². The number of allylic oxidation sites excluding steroid dienone is 1. The molecule has 1 aliphatic heterocycles. The Morgan fingerprint density at radius 2 is 2.05 bits per heavy atom. The van der Waals surface area contributed by atoms with Crippen molar-refractivity contribution in [3.63, 3.8) is 0 Å². The Hall–Kier alpha value is -1.57. The molecule has 21 heavy (non-hydrogen) atoms. The number of carbonyl (C=O) groups is 1. The number of rotatable bonds is 8. The second-order valence-electron chi connectivity index (χ2n) is 5.93. The van der Waals surface area contributed by atoms with E-state index >= 15 is 0 Å². The van der Waals surface area contributed by atoms with Crippen molar-refractivity contribution in [2.45, 2.75) is 51.9 Å². The van der Waals surface area contributed by atoms with Crippen LogP contribution in [0.4, 0.5) is 0 Å². The van der Waals surface area contributed by atoms with Crippen molar-refractivity contribution >= 4 is 5.97 Å². The normalized spacial score (nSPS) is 21.9. The Morgan fingerprint density at radius 1 is 1.24 bits per heavy atom. The fourth-order valence-corrected chi connectivity index (χ4v) is 2.90. The highest BCUT2D eigenvalue weighted by Crippen LogP contribution is 2.37. The van der Waals surface area contributed by atoms with Crippen molar-refractivity contribution < 1.29 is 9.53 Å². The van der Waals surface area contributed by atoms with Crippen molar-refractivity contribution in [2.75, 3.05) is 6.61 Å². The number of cyclic esters (lactones) is 1. The predicted octanol–water partition coefficient (Wildman–Crippen LogP) is 4.69. The Balaban J connectivity index is 1.81. The molecule has 2 heteroatoms. The van der Waals surface area contributed by atoms with E-state index in [-0.39, 0.29) is 11.4 Å². The lowest BCUT2D eigenvalue weighted by Crippen LogP contribution is -2.23. The lowest BCUT2D eigenvalue weighted by atomic mass is 9.81. The van der Waals surface area contributed by atoms with Gasteiger partial charge in [-0.3, -0.25) is 4.79 Å². The van der Waals surface area contributed by atoms with Gasteiger partial charge in [-0.2, -0.15) is 0 Å². The van der Waals surface area contributed by atoms with Crippen LogP contribution >= 0.6 is 0 Å². The van der Waals surface area contributed by atoms with Crippen LogP contribution in [0, 0.1) is 5.41 Å². The number of aryl methyl sites for hydroxylation is 1. The zero-order valence-corrected chi connectivity index (χ0v) is 13.0. The average molecular weight is 286 g/mol. The zero-order chi connectivity index (χ0) is 15.0. The molecule has 1 aromatic carbocycles. The Bertz CT molecular complexity index is 464. The summed E-state index contributed by atoms with van der Waals surface area (Å²) in [4.78, 5) is 12.0. The molecule has 0 N–H and O–H groups in total. The summed E-state index contributed by atoms with van der Waals surface area (Å²) in [6.45, 7) is 2.74. The van der Waals surface area contributed by atoms with E-state index in [9.17, 15) is 4.79 Å². The summed E-state index contributed by atoms with van der Waals surface area (Å²) in [6, 6.07) is 10.5. The molecule has 0 unspecified atom stereocenters. The van der Waals surface area contributed by atoms with Crippen molar-refractivity contribution in [2.24, 2.45) is 5.41 Å². The number of hydrogen-bond acceptors (Lipinski definition) is 2. The second-order valence-corrected chi connectivity index (χ2v) is 5.93. The topological polar surface area (TPSA) is 26.3 Å². The first-order chi connectivity index (χ1) is 10.3. The molecule has 2 nitrogen and oxygen atoms in total. The SMILES string of the molecule is CCCC[C@@]1(/C=C/CCCc2ccccc2)CCOC1=O. The molecule has 0 radical (unpaired) electrons. The third-order valence-electron chi connectivity index (χ3n) is 4.28. The largest absolute Gasteiger partial charge is 0.465 e. The van der Waals surface area contributed by atoms with Crippen molar-refractivity contribution in [3.05, 3.63) is 48.0 Å². The minimum Gasteiger partial charge on any atom is -0.465 e. The van der Waals surface area contributed by atoms with E-state index in [2.05, 4.69) is 43.3 Å². The molecule has 1 heterocycles. The van der Waals surface area contributed by atoms with E-state index in [4.69, 9.17) is 4.74 Å². The van der Waals surface area contributed by atoms with E-state index in [1.165, 1.54) is 5.56 Å². The van der Waals surface area contributed by atoms with E-state index < -0.39 is 0 Å². The number of benzene rings is 1. The van der Waals surface area contributed by atoms with Crippen molar-refractivity contribution in [1.29, 1.82) is 0 Å². The summed E-state index contributed by atoms with van der Waals surface area (Å²) < 4.78 is 5.20. The lowest BCUT2D eigenvalue weighted by molar-refractivity contribution is -0.144. The summed E-state index contributed by atoms with van der Waals surface area (Å²) in [6.07, 6.45) is 11.5. The maximum Gasteiger partial charge on any atom is 0.316 e. The van der Waals surface area contributed by atoms with E-state index in [0.29, 0.717) is 6.61 Å². The van der Waals surface area contributed by atoms with Crippen LogP contribution < -0.4 is 0 Å². The predicted molar refractivity (Wildman–Crippen MR) is 86.1 cm³/mol. The van der Waals surface area contributed by atoms with Gasteiger partial charge < -0.3 is 4.74 Å². The van der Waals surface area contributed by atoms with Crippen LogP contribution in [-0.2, 0) is 16.0 Å². The van der Waals surface area contributed by atoms with Gasteiger partial charge in [-0.05, 0) is 31.2 Å². The Morgan fingerprint density at radius 3 is 2.71 bits per heavy atom. The van der Waals surface area contributed by atoms with Crippen LogP contribution in [0.15, 0.2) is 42.5 Å². The maximum absolute atomic E-state index is 12.0. The summed E-state index contributed by atoms with van der Waals surface area (Å²) in [5.41, 5.74) is 1.05. The van der Waals surface area contributed by atoms with Crippen LogP contribution in [0.2, 0.25) is 0 Å². The molecule has 0 saturated carbocycles. The number of unbranched alkanes of at least 4 members (excludes halogenated alkanes) is 2. The minimum absolute atomic E-state index is 0.0183. The molecule has 0 aromatic heterocycles. The van der Waals surface area contributed by atoms with Gasteiger partial charge in [0.05, 0.1) is 12.0 Å².